The van der Waals surface area contributed by atoms with Crippen LogP contribution in [0, 0.1) is 5.92 Å². The Morgan fingerprint density at radius 3 is 2.95 bits per heavy atom. The van der Waals surface area contributed by atoms with E-state index in [2.05, 4.69) is 18.2 Å². The molecule has 0 bridgehead atoms. The van der Waals surface area contributed by atoms with Gasteiger partial charge >= 0.3 is 0 Å². The smallest absolute Gasteiger partial charge is 0.232 e. The normalized spacial score (nSPS) is 23.6. The first kappa shape index (κ1) is 12.7. The molecule has 0 spiro atoms. The molecule has 2 aliphatic heterocycles. The van der Waals surface area contributed by atoms with Crippen LogP contribution in [-0.4, -0.2) is 25.7 Å². The van der Waals surface area contributed by atoms with E-state index in [1.54, 1.807) is 0 Å². The number of anilines is 1. The molecule has 1 aromatic carbocycles. The molecule has 3 nitrogen and oxygen atoms in total. The Morgan fingerprint density at radius 2 is 2.11 bits per heavy atom. The van der Waals surface area contributed by atoms with E-state index in [4.69, 9.17) is 4.74 Å². The van der Waals surface area contributed by atoms with Gasteiger partial charge in [0.05, 0.1) is 12.5 Å². The summed E-state index contributed by atoms with van der Waals surface area (Å²) in [4.78, 5) is 14.7. The first-order valence-corrected chi connectivity index (χ1v) is 7.33. The van der Waals surface area contributed by atoms with Gasteiger partial charge in [0.1, 0.15) is 0 Å². The lowest BCUT2D eigenvalue weighted by Crippen LogP contribution is -2.40. The molecular weight excluding hydrogens is 238 g/mol. The topological polar surface area (TPSA) is 29.5 Å². The van der Waals surface area contributed by atoms with Gasteiger partial charge in [-0.25, -0.2) is 0 Å². The zero-order valence-corrected chi connectivity index (χ0v) is 11.3. The second-order valence-corrected chi connectivity index (χ2v) is 5.49. The van der Waals surface area contributed by atoms with Crippen molar-refractivity contribution in [3.63, 3.8) is 0 Å². The Balaban J connectivity index is 1.84. The molecule has 0 saturated carbocycles. The number of carbonyl (C=O) groups excluding carboxylic acids is 1. The SMILES string of the molecule is O=C(C1CCCOC1)N1CCCCc2ccccc21. The molecule has 2 heterocycles. The molecule has 1 atom stereocenters. The predicted octanol–water partition coefficient (Wildman–Crippen LogP) is 2.78. The molecule has 19 heavy (non-hydrogen) atoms. The minimum Gasteiger partial charge on any atom is -0.381 e. The van der Waals surface area contributed by atoms with Crippen LogP contribution in [0.25, 0.3) is 0 Å². The highest BCUT2D eigenvalue weighted by atomic mass is 16.5. The average molecular weight is 259 g/mol. The second-order valence-electron chi connectivity index (χ2n) is 5.49. The summed E-state index contributed by atoms with van der Waals surface area (Å²) in [6.45, 7) is 2.25. The van der Waals surface area contributed by atoms with Crippen molar-refractivity contribution < 1.29 is 9.53 Å². The number of aryl methyl sites for hydroxylation is 1. The predicted molar refractivity (Wildman–Crippen MR) is 75.3 cm³/mol. The number of rotatable bonds is 1. The van der Waals surface area contributed by atoms with Crippen LogP contribution in [0.5, 0.6) is 0 Å². The molecule has 0 radical (unpaired) electrons. The van der Waals surface area contributed by atoms with Crippen molar-refractivity contribution in [1.82, 2.24) is 0 Å². The molecule has 1 unspecified atom stereocenters. The Morgan fingerprint density at radius 1 is 1.21 bits per heavy atom. The van der Waals surface area contributed by atoms with E-state index in [0.717, 1.165) is 44.5 Å². The van der Waals surface area contributed by atoms with Crippen LogP contribution in [0.15, 0.2) is 24.3 Å². The number of carbonyl (C=O) groups is 1. The zero-order valence-electron chi connectivity index (χ0n) is 11.3. The number of hydrogen-bond donors (Lipinski definition) is 0. The van der Waals surface area contributed by atoms with Gasteiger partial charge in [0, 0.05) is 18.8 Å². The average Bonchev–Trinajstić information content (AvgIpc) is 2.70. The van der Waals surface area contributed by atoms with Crippen LogP contribution >= 0.6 is 0 Å². The summed E-state index contributed by atoms with van der Waals surface area (Å²) in [6.07, 6.45) is 5.32. The lowest BCUT2D eigenvalue weighted by atomic mass is 10.00. The summed E-state index contributed by atoms with van der Waals surface area (Å²) in [5, 5.41) is 0. The summed E-state index contributed by atoms with van der Waals surface area (Å²) in [5.41, 5.74) is 2.43. The molecule has 3 rings (SSSR count). The molecule has 102 valence electrons. The Kier molecular flexibility index (Phi) is 3.83. The van der Waals surface area contributed by atoms with E-state index in [-0.39, 0.29) is 11.8 Å². The van der Waals surface area contributed by atoms with E-state index >= 15 is 0 Å². The van der Waals surface area contributed by atoms with E-state index in [0.29, 0.717) is 6.61 Å². The summed E-state index contributed by atoms with van der Waals surface area (Å²) < 4.78 is 5.47. The maximum Gasteiger partial charge on any atom is 0.232 e. The van der Waals surface area contributed by atoms with Crippen molar-refractivity contribution >= 4 is 11.6 Å². The Bertz CT molecular complexity index is 452. The number of benzene rings is 1. The van der Waals surface area contributed by atoms with Crippen molar-refractivity contribution in [2.24, 2.45) is 5.92 Å². The molecular formula is C16H21NO2. The molecule has 0 N–H and O–H groups in total. The quantitative estimate of drug-likeness (QED) is 0.776. The van der Waals surface area contributed by atoms with Gasteiger partial charge in [0.2, 0.25) is 5.91 Å². The Labute approximate surface area is 114 Å². The van der Waals surface area contributed by atoms with E-state index in [1.165, 1.54) is 12.0 Å². The van der Waals surface area contributed by atoms with Crippen LogP contribution in [0.2, 0.25) is 0 Å². The summed E-state index contributed by atoms with van der Waals surface area (Å²) in [7, 11) is 0. The van der Waals surface area contributed by atoms with Crippen molar-refractivity contribution in [2.45, 2.75) is 32.1 Å². The van der Waals surface area contributed by atoms with Gasteiger partial charge in [-0.2, -0.15) is 0 Å². The zero-order chi connectivity index (χ0) is 13.1. The fourth-order valence-corrected chi connectivity index (χ4v) is 3.08. The minimum atomic E-state index is 0.0555. The number of amides is 1. The van der Waals surface area contributed by atoms with Gasteiger partial charge in [-0.05, 0) is 43.7 Å². The van der Waals surface area contributed by atoms with Crippen molar-refractivity contribution in [3.05, 3.63) is 29.8 Å². The highest BCUT2D eigenvalue weighted by molar-refractivity contribution is 5.96. The number of ether oxygens (including phenoxy) is 1. The molecule has 3 heteroatoms. The standard InChI is InChI=1S/C16H21NO2/c18-16(14-8-5-11-19-12-14)17-10-4-3-7-13-6-1-2-9-15(13)17/h1-2,6,9,14H,3-5,7-8,10-12H2. The van der Waals surface area contributed by atoms with Gasteiger partial charge in [0.15, 0.2) is 0 Å². The van der Waals surface area contributed by atoms with Gasteiger partial charge in [-0.1, -0.05) is 18.2 Å². The number of nitrogens with zero attached hydrogens (tertiary/aromatic N) is 1. The molecule has 0 aliphatic carbocycles. The third kappa shape index (κ3) is 2.66. The molecule has 2 aliphatic rings. The third-order valence-corrected chi connectivity index (χ3v) is 4.14. The van der Waals surface area contributed by atoms with Gasteiger partial charge in [-0.3, -0.25) is 4.79 Å². The van der Waals surface area contributed by atoms with Crippen LogP contribution in [-0.2, 0) is 16.0 Å². The monoisotopic (exact) mass is 259 g/mol. The van der Waals surface area contributed by atoms with Gasteiger partial charge in [-0.15, -0.1) is 0 Å². The van der Waals surface area contributed by atoms with Crippen molar-refractivity contribution in [2.75, 3.05) is 24.7 Å². The van der Waals surface area contributed by atoms with Crippen molar-refractivity contribution in [1.29, 1.82) is 0 Å². The molecule has 1 amide bonds. The fraction of sp³-hybridized carbons (Fsp3) is 0.562. The minimum absolute atomic E-state index is 0.0555. The molecule has 1 aromatic rings. The first-order chi connectivity index (χ1) is 9.36. The number of hydrogen-bond acceptors (Lipinski definition) is 2. The fourth-order valence-electron chi connectivity index (χ4n) is 3.08. The highest BCUT2D eigenvalue weighted by Gasteiger charge is 2.29. The summed E-state index contributed by atoms with van der Waals surface area (Å²) in [6, 6.07) is 8.33. The van der Waals surface area contributed by atoms with Gasteiger partial charge < -0.3 is 9.64 Å². The number of fused-ring (bicyclic) bond motifs is 1. The van der Waals surface area contributed by atoms with Gasteiger partial charge in [0.25, 0.3) is 0 Å². The maximum absolute atomic E-state index is 12.7. The van der Waals surface area contributed by atoms with E-state index < -0.39 is 0 Å². The molecule has 1 saturated heterocycles. The van der Waals surface area contributed by atoms with Crippen LogP contribution < -0.4 is 4.90 Å². The lowest BCUT2D eigenvalue weighted by Gasteiger charge is -2.29. The largest absolute Gasteiger partial charge is 0.381 e. The highest BCUT2D eigenvalue weighted by Crippen LogP contribution is 2.28. The summed E-state index contributed by atoms with van der Waals surface area (Å²) >= 11 is 0. The van der Waals surface area contributed by atoms with E-state index in [1.807, 2.05) is 11.0 Å². The van der Waals surface area contributed by atoms with E-state index in [9.17, 15) is 4.79 Å². The summed E-state index contributed by atoms with van der Waals surface area (Å²) in [5.74, 6) is 0.314. The third-order valence-electron chi connectivity index (χ3n) is 4.14. The van der Waals surface area contributed by atoms with Crippen LogP contribution in [0.1, 0.15) is 31.2 Å². The molecule has 1 fully saturated rings. The first-order valence-electron chi connectivity index (χ1n) is 7.33. The second kappa shape index (κ2) is 5.74. The lowest BCUT2D eigenvalue weighted by molar-refractivity contribution is -0.126. The number of para-hydroxylation sites is 1. The van der Waals surface area contributed by atoms with Crippen molar-refractivity contribution in [3.8, 4) is 0 Å². The van der Waals surface area contributed by atoms with Crippen LogP contribution in [0.4, 0.5) is 5.69 Å². The van der Waals surface area contributed by atoms with Crippen LogP contribution in [0.3, 0.4) is 0 Å². The maximum atomic E-state index is 12.7. The molecule has 0 aromatic heterocycles. The Hall–Kier alpha value is -1.35.